The molecule has 2 rings (SSSR count). The van der Waals surface area contributed by atoms with Crippen LogP contribution in [0, 0.1) is 0 Å². The molecular weight excluding hydrogens is 230 g/mol. The third-order valence-electron chi connectivity index (χ3n) is 2.78. The topological polar surface area (TPSA) is 47.6 Å². The molecule has 0 bridgehead atoms. The first-order valence-electron chi connectivity index (χ1n) is 6.06. The van der Waals surface area contributed by atoms with E-state index >= 15 is 0 Å². The highest BCUT2D eigenvalue weighted by Crippen LogP contribution is 2.20. The number of benzene rings is 1. The number of anilines is 1. The fourth-order valence-corrected chi connectivity index (χ4v) is 1.80. The van der Waals surface area contributed by atoms with Crippen LogP contribution >= 0.6 is 0 Å². The minimum Gasteiger partial charge on any atom is -0.490 e. The van der Waals surface area contributed by atoms with Crippen molar-refractivity contribution in [3.63, 3.8) is 0 Å². The summed E-state index contributed by atoms with van der Waals surface area (Å²) in [5, 5.41) is 2.69. The van der Waals surface area contributed by atoms with Crippen LogP contribution in [0.5, 0.6) is 5.75 Å². The molecule has 4 heteroatoms. The zero-order valence-corrected chi connectivity index (χ0v) is 10.2. The van der Waals surface area contributed by atoms with E-state index in [1.54, 1.807) is 0 Å². The fraction of sp³-hybridized carbons (Fsp3) is 0.357. The highest BCUT2D eigenvalue weighted by molar-refractivity contribution is 5.98. The van der Waals surface area contributed by atoms with Crippen LogP contribution in [0.1, 0.15) is 12.8 Å². The molecule has 1 fully saturated rings. The quantitative estimate of drug-likeness (QED) is 0.831. The molecule has 1 heterocycles. The van der Waals surface area contributed by atoms with Crippen LogP contribution in [0.25, 0.3) is 0 Å². The molecule has 1 amide bonds. The number of hydrogen-bond donors (Lipinski definition) is 1. The van der Waals surface area contributed by atoms with Gasteiger partial charge >= 0.3 is 0 Å². The maximum absolute atomic E-state index is 11.1. The van der Waals surface area contributed by atoms with E-state index in [9.17, 15) is 4.79 Å². The zero-order chi connectivity index (χ0) is 12.8. The Hall–Kier alpha value is -1.81. The summed E-state index contributed by atoms with van der Waals surface area (Å²) < 4.78 is 11.1. The van der Waals surface area contributed by atoms with Gasteiger partial charge < -0.3 is 14.8 Å². The van der Waals surface area contributed by atoms with Gasteiger partial charge in [-0.05, 0) is 30.3 Å². The molecule has 0 saturated carbocycles. The number of amides is 1. The van der Waals surface area contributed by atoms with E-state index in [1.807, 2.05) is 24.3 Å². The van der Waals surface area contributed by atoms with Crippen LogP contribution in [-0.2, 0) is 9.53 Å². The molecule has 1 N–H and O–H groups in total. The van der Waals surface area contributed by atoms with Crippen molar-refractivity contribution in [2.24, 2.45) is 0 Å². The molecular formula is C14H17NO3. The highest BCUT2D eigenvalue weighted by atomic mass is 16.5. The van der Waals surface area contributed by atoms with Crippen molar-refractivity contribution in [3.8, 4) is 5.75 Å². The summed E-state index contributed by atoms with van der Waals surface area (Å²) in [7, 11) is 0. The van der Waals surface area contributed by atoms with E-state index in [-0.39, 0.29) is 12.0 Å². The monoisotopic (exact) mass is 247 g/mol. The number of nitrogens with one attached hydrogen (secondary N) is 1. The van der Waals surface area contributed by atoms with Crippen molar-refractivity contribution in [1.82, 2.24) is 0 Å². The van der Waals surface area contributed by atoms with Crippen molar-refractivity contribution < 1.29 is 14.3 Å². The standard InChI is InChI=1S/C14H17NO3/c1-2-14(16)15-11-3-5-12(6-4-11)18-13-7-9-17-10-8-13/h2-6,13H,1,7-10H2,(H,15,16). The molecule has 1 aliphatic rings. The van der Waals surface area contributed by atoms with Crippen LogP contribution in [0.3, 0.4) is 0 Å². The molecule has 0 unspecified atom stereocenters. The summed E-state index contributed by atoms with van der Waals surface area (Å²) in [5.41, 5.74) is 0.735. The Kier molecular flexibility index (Phi) is 4.36. The normalized spacial score (nSPS) is 16.0. The molecule has 1 saturated heterocycles. The Morgan fingerprint density at radius 1 is 1.33 bits per heavy atom. The Bertz CT molecular complexity index is 408. The molecule has 0 radical (unpaired) electrons. The largest absolute Gasteiger partial charge is 0.490 e. The van der Waals surface area contributed by atoms with Gasteiger partial charge in [0.1, 0.15) is 11.9 Å². The number of ether oxygens (including phenoxy) is 2. The average Bonchev–Trinajstić information content (AvgIpc) is 2.42. The van der Waals surface area contributed by atoms with Crippen LogP contribution in [0.15, 0.2) is 36.9 Å². The first-order valence-corrected chi connectivity index (χ1v) is 6.06. The lowest BCUT2D eigenvalue weighted by molar-refractivity contribution is -0.111. The fourth-order valence-electron chi connectivity index (χ4n) is 1.80. The third kappa shape index (κ3) is 3.60. The van der Waals surface area contributed by atoms with Crippen molar-refractivity contribution in [1.29, 1.82) is 0 Å². The third-order valence-corrected chi connectivity index (χ3v) is 2.78. The molecule has 0 spiro atoms. The van der Waals surface area contributed by atoms with E-state index in [0.29, 0.717) is 0 Å². The Balaban J connectivity index is 1.90. The molecule has 1 aliphatic heterocycles. The van der Waals surface area contributed by atoms with Gasteiger partial charge in [-0.25, -0.2) is 0 Å². The lowest BCUT2D eigenvalue weighted by atomic mass is 10.1. The van der Waals surface area contributed by atoms with Crippen molar-refractivity contribution >= 4 is 11.6 Å². The smallest absolute Gasteiger partial charge is 0.247 e. The second-order valence-electron chi connectivity index (χ2n) is 4.15. The van der Waals surface area contributed by atoms with Crippen molar-refractivity contribution in [2.75, 3.05) is 18.5 Å². The average molecular weight is 247 g/mol. The zero-order valence-electron chi connectivity index (χ0n) is 10.2. The molecule has 96 valence electrons. The molecule has 0 atom stereocenters. The SMILES string of the molecule is C=CC(=O)Nc1ccc(OC2CCOCC2)cc1. The van der Waals surface area contributed by atoms with Gasteiger partial charge in [0.05, 0.1) is 13.2 Å². The predicted molar refractivity (Wildman–Crippen MR) is 69.7 cm³/mol. The minimum atomic E-state index is -0.215. The Labute approximate surface area is 107 Å². The summed E-state index contributed by atoms with van der Waals surface area (Å²) in [4.78, 5) is 11.1. The summed E-state index contributed by atoms with van der Waals surface area (Å²) in [6.45, 7) is 4.93. The minimum absolute atomic E-state index is 0.215. The molecule has 0 aromatic heterocycles. The van der Waals surface area contributed by atoms with E-state index in [2.05, 4.69) is 11.9 Å². The second kappa shape index (κ2) is 6.21. The highest BCUT2D eigenvalue weighted by Gasteiger charge is 2.14. The Morgan fingerprint density at radius 3 is 2.61 bits per heavy atom. The van der Waals surface area contributed by atoms with Crippen LogP contribution < -0.4 is 10.1 Å². The van der Waals surface area contributed by atoms with Gasteiger partial charge in [-0.15, -0.1) is 0 Å². The van der Waals surface area contributed by atoms with Crippen LogP contribution in [-0.4, -0.2) is 25.2 Å². The maximum atomic E-state index is 11.1. The predicted octanol–water partition coefficient (Wildman–Crippen LogP) is 2.37. The first kappa shape index (κ1) is 12.6. The molecule has 0 aliphatic carbocycles. The van der Waals surface area contributed by atoms with E-state index in [0.717, 1.165) is 37.5 Å². The molecule has 4 nitrogen and oxygen atoms in total. The van der Waals surface area contributed by atoms with Crippen molar-refractivity contribution in [3.05, 3.63) is 36.9 Å². The van der Waals surface area contributed by atoms with Crippen LogP contribution in [0.2, 0.25) is 0 Å². The number of carbonyl (C=O) groups is 1. The maximum Gasteiger partial charge on any atom is 0.247 e. The van der Waals surface area contributed by atoms with E-state index < -0.39 is 0 Å². The summed E-state index contributed by atoms with van der Waals surface area (Å²) in [6.07, 6.45) is 3.32. The lowest BCUT2D eigenvalue weighted by Gasteiger charge is -2.23. The number of carbonyl (C=O) groups excluding carboxylic acids is 1. The summed E-state index contributed by atoms with van der Waals surface area (Å²) >= 11 is 0. The Morgan fingerprint density at radius 2 is 2.00 bits per heavy atom. The second-order valence-corrected chi connectivity index (χ2v) is 4.15. The van der Waals surface area contributed by atoms with Crippen LogP contribution in [0.4, 0.5) is 5.69 Å². The summed E-state index contributed by atoms with van der Waals surface area (Å²) in [6, 6.07) is 7.34. The van der Waals surface area contributed by atoms with Gasteiger partial charge in [0.15, 0.2) is 0 Å². The van der Waals surface area contributed by atoms with Gasteiger partial charge in [0.25, 0.3) is 0 Å². The first-order chi connectivity index (χ1) is 8.78. The number of hydrogen-bond acceptors (Lipinski definition) is 3. The molecule has 1 aromatic rings. The summed E-state index contributed by atoms with van der Waals surface area (Å²) in [5.74, 6) is 0.603. The van der Waals surface area contributed by atoms with E-state index in [1.165, 1.54) is 6.08 Å². The van der Waals surface area contributed by atoms with E-state index in [4.69, 9.17) is 9.47 Å². The van der Waals surface area contributed by atoms with Gasteiger partial charge in [-0.3, -0.25) is 4.79 Å². The molecule has 18 heavy (non-hydrogen) atoms. The van der Waals surface area contributed by atoms with Gasteiger partial charge in [-0.1, -0.05) is 6.58 Å². The van der Waals surface area contributed by atoms with Gasteiger partial charge in [-0.2, -0.15) is 0 Å². The van der Waals surface area contributed by atoms with Crippen molar-refractivity contribution in [2.45, 2.75) is 18.9 Å². The molecule has 1 aromatic carbocycles. The number of rotatable bonds is 4. The lowest BCUT2D eigenvalue weighted by Crippen LogP contribution is -2.25. The van der Waals surface area contributed by atoms with Gasteiger partial charge in [0, 0.05) is 18.5 Å². The van der Waals surface area contributed by atoms with Gasteiger partial charge in [0.2, 0.25) is 5.91 Å².